The van der Waals surface area contributed by atoms with E-state index >= 15 is 0 Å². The summed E-state index contributed by atoms with van der Waals surface area (Å²) in [7, 11) is 0. The Labute approximate surface area is 125 Å². The third-order valence-corrected chi connectivity index (χ3v) is 5.52. The van der Waals surface area contributed by atoms with Crippen LogP contribution in [0.1, 0.15) is 68.5 Å². The highest BCUT2D eigenvalue weighted by Gasteiger charge is 2.28. The molecule has 0 unspecified atom stereocenters. The number of rotatable bonds is 4. The maximum Gasteiger partial charge on any atom is 0.283 e. The SMILES string of the molecule is C1CCC(c2nnc(Sc3nc(C4CC4)ns3)o2)CC1. The van der Waals surface area contributed by atoms with Gasteiger partial charge in [0.15, 0.2) is 4.34 Å². The Morgan fingerprint density at radius 1 is 1.00 bits per heavy atom. The van der Waals surface area contributed by atoms with E-state index in [1.165, 1.54) is 68.2 Å². The van der Waals surface area contributed by atoms with Crippen molar-refractivity contribution < 1.29 is 4.42 Å². The summed E-state index contributed by atoms with van der Waals surface area (Å²) in [6, 6.07) is 0. The molecule has 0 N–H and O–H groups in total. The van der Waals surface area contributed by atoms with Crippen molar-refractivity contribution in [2.45, 2.75) is 66.3 Å². The Hall–Kier alpha value is -0.950. The van der Waals surface area contributed by atoms with Crippen LogP contribution in [-0.4, -0.2) is 19.6 Å². The first-order valence-electron chi connectivity index (χ1n) is 7.23. The molecule has 20 heavy (non-hydrogen) atoms. The molecule has 2 aromatic rings. The normalized spacial score (nSPS) is 20.4. The van der Waals surface area contributed by atoms with E-state index in [4.69, 9.17) is 4.42 Å². The zero-order valence-electron chi connectivity index (χ0n) is 11.1. The van der Waals surface area contributed by atoms with E-state index in [-0.39, 0.29) is 0 Å². The first kappa shape index (κ1) is 12.8. The first-order chi connectivity index (χ1) is 9.88. The molecule has 106 valence electrons. The van der Waals surface area contributed by atoms with Crippen molar-refractivity contribution >= 4 is 23.3 Å². The summed E-state index contributed by atoms with van der Waals surface area (Å²) in [5.74, 6) is 2.85. The molecule has 2 fully saturated rings. The van der Waals surface area contributed by atoms with Crippen LogP contribution in [0.25, 0.3) is 0 Å². The Balaban J connectivity index is 1.44. The van der Waals surface area contributed by atoms with E-state index in [1.54, 1.807) is 0 Å². The lowest BCUT2D eigenvalue weighted by Crippen LogP contribution is -2.04. The summed E-state index contributed by atoms with van der Waals surface area (Å²) in [5, 5.41) is 8.95. The molecule has 0 amide bonds. The molecule has 7 heteroatoms. The lowest BCUT2D eigenvalue weighted by molar-refractivity contribution is 0.334. The van der Waals surface area contributed by atoms with Crippen LogP contribution in [0.5, 0.6) is 0 Å². The van der Waals surface area contributed by atoms with Gasteiger partial charge in [-0.3, -0.25) is 0 Å². The minimum atomic E-state index is 0.460. The maximum absolute atomic E-state index is 5.79. The van der Waals surface area contributed by atoms with Crippen LogP contribution in [0.3, 0.4) is 0 Å². The van der Waals surface area contributed by atoms with E-state index in [9.17, 15) is 0 Å². The maximum atomic E-state index is 5.79. The number of nitrogens with zero attached hydrogens (tertiary/aromatic N) is 4. The van der Waals surface area contributed by atoms with Crippen LogP contribution in [0, 0.1) is 0 Å². The fourth-order valence-electron chi connectivity index (χ4n) is 2.62. The predicted molar refractivity (Wildman–Crippen MR) is 76.1 cm³/mol. The molecule has 0 aromatic carbocycles. The van der Waals surface area contributed by atoms with Crippen LogP contribution in [0.15, 0.2) is 14.0 Å². The Bertz CT molecular complexity index is 587. The van der Waals surface area contributed by atoms with Crippen LogP contribution < -0.4 is 0 Å². The van der Waals surface area contributed by atoms with Gasteiger partial charge in [0.25, 0.3) is 5.22 Å². The monoisotopic (exact) mass is 308 g/mol. The zero-order valence-corrected chi connectivity index (χ0v) is 12.8. The van der Waals surface area contributed by atoms with Crippen molar-refractivity contribution in [2.75, 3.05) is 0 Å². The first-order valence-corrected chi connectivity index (χ1v) is 8.82. The molecule has 5 nitrogen and oxygen atoms in total. The summed E-state index contributed by atoms with van der Waals surface area (Å²) in [5.41, 5.74) is 0. The van der Waals surface area contributed by atoms with Crippen molar-refractivity contribution in [3.63, 3.8) is 0 Å². The topological polar surface area (TPSA) is 64.7 Å². The van der Waals surface area contributed by atoms with Gasteiger partial charge < -0.3 is 4.42 Å². The van der Waals surface area contributed by atoms with E-state index in [2.05, 4.69) is 19.6 Å². The third kappa shape index (κ3) is 2.74. The van der Waals surface area contributed by atoms with Gasteiger partial charge in [-0.25, -0.2) is 4.98 Å². The minimum Gasteiger partial charge on any atom is -0.415 e. The highest BCUT2D eigenvalue weighted by molar-refractivity contribution is 8.00. The summed E-state index contributed by atoms with van der Waals surface area (Å²) < 4.78 is 11.1. The Morgan fingerprint density at radius 3 is 2.65 bits per heavy atom. The van der Waals surface area contributed by atoms with Gasteiger partial charge in [-0.2, -0.15) is 4.37 Å². The average molecular weight is 308 g/mol. The fourth-order valence-corrected chi connectivity index (χ4v) is 4.09. The molecule has 0 radical (unpaired) electrons. The zero-order chi connectivity index (χ0) is 13.4. The summed E-state index contributed by atoms with van der Waals surface area (Å²) in [6.07, 6.45) is 8.70. The largest absolute Gasteiger partial charge is 0.415 e. The summed E-state index contributed by atoms with van der Waals surface area (Å²) >= 11 is 2.87. The van der Waals surface area contributed by atoms with E-state index in [0.29, 0.717) is 17.1 Å². The number of hydrogen-bond donors (Lipinski definition) is 0. The van der Waals surface area contributed by atoms with Gasteiger partial charge in [0.1, 0.15) is 5.82 Å². The average Bonchev–Trinajstić information content (AvgIpc) is 3.06. The smallest absolute Gasteiger partial charge is 0.283 e. The molecule has 0 atom stereocenters. The van der Waals surface area contributed by atoms with Crippen molar-refractivity contribution in [3.05, 3.63) is 11.7 Å². The molecular weight excluding hydrogens is 292 g/mol. The van der Waals surface area contributed by atoms with Gasteiger partial charge in [0.2, 0.25) is 5.89 Å². The molecule has 2 aromatic heterocycles. The van der Waals surface area contributed by atoms with Gasteiger partial charge in [0, 0.05) is 23.6 Å². The van der Waals surface area contributed by atoms with Gasteiger partial charge in [-0.1, -0.05) is 19.3 Å². The third-order valence-electron chi connectivity index (χ3n) is 3.92. The highest BCUT2D eigenvalue weighted by atomic mass is 32.2. The molecule has 0 aliphatic heterocycles. The summed E-state index contributed by atoms with van der Waals surface area (Å²) in [6.45, 7) is 0. The fraction of sp³-hybridized carbons (Fsp3) is 0.692. The van der Waals surface area contributed by atoms with E-state index < -0.39 is 0 Å². The molecule has 0 spiro atoms. The minimum absolute atomic E-state index is 0.460. The van der Waals surface area contributed by atoms with Crippen molar-refractivity contribution in [2.24, 2.45) is 0 Å². The Kier molecular flexibility index (Phi) is 3.47. The second kappa shape index (κ2) is 5.44. The second-order valence-electron chi connectivity index (χ2n) is 5.54. The lowest BCUT2D eigenvalue weighted by atomic mass is 9.89. The Morgan fingerprint density at radius 2 is 1.85 bits per heavy atom. The second-order valence-corrected chi connectivity index (χ2v) is 7.49. The molecule has 0 saturated heterocycles. The van der Waals surface area contributed by atoms with Crippen LogP contribution in [0.4, 0.5) is 0 Å². The summed E-state index contributed by atoms with van der Waals surface area (Å²) in [4.78, 5) is 4.53. The van der Waals surface area contributed by atoms with Crippen LogP contribution >= 0.6 is 23.3 Å². The van der Waals surface area contributed by atoms with E-state index in [0.717, 1.165) is 16.1 Å². The van der Waals surface area contributed by atoms with Crippen LogP contribution in [0.2, 0.25) is 0 Å². The van der Waals surface area contributed by atoms with E-state index in [1.807, 2.05) is 0 Å². The molecule has 0 bridgehead atoms. The van der Waals surface area contributed by atoms with Crippen molar-refractivity contribution in [1.82, 2.24) is 19.6 Å². The van der Waals surface area contributed by atoms with Gasteiger partial charge in [-0.05, 0) is 37.2 Å². The molecule has 2 saturated carbocycles. The van der Waals surface area contributed by atoms with Gasteiger partial charge >= 0.3 is 0 Å². The molecule has 2 aliphatic carbocycles. The molecule has 4 rings (SSSR count). The number of hydrogen-bond acceptors (Lipinski definition) is 7. The molecular formula is C13H16N4OS2. The van der Waals surface area contributed by atoms with Gasteiger partial charge in [0.05, 0.1) is 0 Å². The highest BCUT2D eigenvalue weighted by Crippen LogP contribution is 2.40. The predicted octanol–water partition coefficient (Wildman–Crippen LogP) is 4.00. The standard InChI is InChI=1S/C13H16N4OS2/c1-2-4-9(5-3-1)11-15-16-12(18-11)19-13-14-10(17-20-13)8-6-7-8/h8-9H,1-7H2. The van der Waals surface area contributed by atoms with Crippen molar-refractivity contribution in [1.29, 1.82) is 0 Å². The van der Waals surface area contributed by atoms with Gasteiger partial charge in [-0.15, -0.1) is 10.2 Å². The lowest BCUT2D eigenvalue weighted by Gasteiger charge is -2.17. The molecule has 2 heterocycles. The van der Waals surface area contributed by atoms with Crippen LogP contribution in [-0.2, 0) is 0 Å². The van der Waals surface area contributed by atoms with Crippen molar-refractivity contribution in [3.8, 4) is 0 Å². The quantitative estimate of drug-likeness (QED) is 0.850. The molecule has 2 aliphatic rings. The number of aromatic nitrogens is 4.